The molecule has 0 aliphatic heterocycles. The summed E-state index contributed by atoms with van der Waals surface area (Å²) >= 11 is 0. The van der Waals surface area contributed by atoms with Gasteiger partial charge in [-0.2, -0.15) is 4.91 Å². The van der Waals surface area contributed by atoms with Crippen LogP contribution in [0.15, 0.2) is 5.18 Å². The molecule has 14 heavy (non-hydrogen) atoms. The lowest BCUT2D eigenvalue weighted by molar-refractivity contribution is -0.145. The van der Waals surface area contributed by atoms with E-state index < -0.39 is 5.97 Å². The minimum absolute atomic E-state index is 0.125. The molecule has 1 N–H and O–H groups in total. The number of aliphatic carboxylic acids is 1. The van der Waals surface area contributed by atoms with E-state index in [-0.39, 0.29) is 18.4 Å². The Balaban J connectivity index is 2.08. The normalized spacial score (nSPS) is 40.0. The standard InChI is InChI=1S/C10H15NO3/c12-9(13)5-10(6-11-14)4-7-2-1-3-8(7)10/h7-8H,1-6H2,(H,12,13)/t7-,8?,10-/m1/s1. The van der Waals surface area contributed by atoms with E-state index in [0.717, 1.165) is 12.8 Å². The van der Waals surface area contributed by atoms with E-state index in [2.05, 4.69) is 5.18 Å². The van der Waals surface area contributed by atoms with Crippen LogP contribution in [-0.2, 0) is 4.79 Å². The Morgan fingerprint density at radius 2 is 2.29 bits per heavy atom. The van der Waals surface area contributed by atoms with Crippen molar-refractivity contribution >= 4 is 5.97 Å². The molecule has 1 unspecified atom stereocenters. The van der Waals surface area contributed by atoms with Crippen molar-refractivity contribution in [3.05, 3.63) is 4.91 Å². The molecule has 4 nitrogen and oxygen atoms in total. The largest absolute Gasteiger partial charge is 0.481 e. The van der Waals surface area contributed by atoms with E-state index in [1.165, 1.54) is 12.8 Å². The molecule has 4 heteroatoms. The van der Waals surface area contributed by atoms with Crippen LogP contribution in [0, 0.1) is 22.2 Å². The number of hydrogen-bond donors (Lipinski definition) is 1. The Hall–Kier alpha value is -0.930. The highest BCUT2D eigenvalue weighted by molar-refractivity contribution is 5.68. The van der Waals surface area contributed by atoms with Crippen molar-refractivity contribution in [1.29, 1.82) is 0 Å². The molecule has 0 saturated heterocycles. The molecule has 0 aromatic carbocycles. The molecule has 0 aromatic heterocycles. The molecule has 0 bridgehead atoms. The van der Waals surface area contributed by atoms with Gasteiger partial charge in [0.1, 0.15) is 0 Å². The quantitative estimate of drug-likeness (QED) is 0.701. The fourth-order valence-corrected chi connectivity index (χ4v) is 3.47. The van der Waals surface area contributed by atoms with Gasteiger partial charge in [0, 0.05) is 5.41 Å². The summed E-state index contributed by atoms with van der Waals surface area (Å²) in [6, 6.07) is 0. The van der Waals surface area contributed by atoms with Crippen molar-refractivity contribution in [2.75, 3.05) is 6.54 Å². The van der Waals surface area contributed by atoms with Crippen LogP contribution in [0.1, 0.15) is 32.1 Å². The van der Waals surface area contributed by atoms with Gasteiger partial charge in [0.25, 0.3) is 0 Å². The van der Waals surface area contributed by atoms with Crippen LogP contribution in [0.25, 0.3) is 0 Å². The number of fused-ring (bicyclic) bond motifs is 1. The molecule has 2 saturated carbocycles. The zero-order valence-corrected chi connectivity index (χ0v) is 8.11. The minimum atomic E-state index is -0.793. The predicted molar refractivity (Wildman–Crippen MR) is 50.8 cm³/mol. The summed E-state index contributed by atoms with van der Waals surface area (Å²) < 4.78 is 0. The average molecular weight is 197 g/mol. The van der Waals surface area contributed by atoms with Crippen molar-refractivity contribution < 1.29 is 9.90 Å². The van der Waals surface area contributed by atoms with Gasteiger partial charge in [0.15, 0.2) is 0 Å². The maximum absolute atomic E-state index is 10.7. The van der Waals surface area contributed by atoms with E-state index in [0.29, 0.717) is 11.8 Å². The molecule has 78 valence electrons. The monoisotopic (exact) mass is 197 g/mol. The first-order valence-corrected chi connectivity index (χ1v) is 5.19. The fourth-order valence-electron chi connectivity index (χ4n) is 3.47. The van der Waals surface area contributed by atoms with Gasteiger partial charge < -0.3 is 5.11 Å². The Morgan fingerprint density at radius 1 is 1.50 bits per heavy atom. The predicted octanol–water partition coefficient (Wildman–Crippen LogP) is 2.03. The van der Waals surface area contributed by atoms with Crippen LogP contribution in [0.4, 0.5) is 0 Å². The van der Waals surface area contributed by atoms with Gasteiger partial charge in [-0.25, -0.2) is 0 Å². The summed E-state index contributed by atoms with van der Waals surface area (Å²) in [5, 5.41) is 11.7. The van der Waals surface area contributed by atoms with Gasteiger partial charge in [-0.3, -0.25) is 4.79 Å². The highest BCUT2D eigenvalue weighted by Crippen LogP contribution is 2.60. The highest BCUT2D eigenvalue weighted by atomic mass is 16.4. The molecule has 0 aromatic rings. The second-order valence-electron chi connectivity index (χ2n) is 4.72. The van der Waals surface area contributed by atoms with Crippen molar-refractivity contribution in [1.82, 2.24) is 0 Å². The summed E-state index contributed by atoms with van der Waals surface area (Å²) in [4.78, 5) is 21.1. The molecule has 0 spiro atoms. The Morgan fingerprint density at radius 3 is 2.86 bits per heavy atom. The lowest BCUT2D eigenvalue weighted by Gasteiger charge is -2.50. The van der Waals surface area contributed by atoms with Gasteiger partial charge >= 0.3 is 5.97 Å². The smallest absolute Gasteiger partial charge is 0.303 e. The maximum atomic E-state index is 10.7. The summed E-state index contributed by atoms with van der Waals surface area (Å²) in [6.07, 6.45) is 4.52. The van der Waals surface area contributed by atoms with Crippen LogP contribution >= 0.6 is 0 Å². The fraction of sp³-hybridized carbons (Fsp3) is 0.900. The first-order valence-electron chi connectivity index (χ1n) is 5.19. The summed E-state index contributed by atoms with van der Waals surface area (Å²) in [7, 11) is 0. The number of nitrogens with zero attached hydrogens (tertiary/aromatic N) is 1. The Labute approximate surface area is 82.7 Å². The zero-order chi connectivity index (χ0) is 10.2. The molecule has 0 radical (unpaired) electrons. The molecule has 2 fully saturated rings. The van der Waals surface area contributed by atoms with Crippen LogP contribution in [0.3, 0.4) is 0 Å². The Kier molecular flexibility index (Phi) is 2.29. The minimum Gasteiger partial charge on any atom is -0.481 e. The molecular formula is C10H15NO3. The van der Waals surface area contributed by atoms with Crippen molar-refractivity contribution in [3.8, 4) is 0 Å². The van der Waals surface area contributed by atoms with Gasteiger partial charge in [-0.1, -0.05) is 18.0 Å². The third-order valence-electron chi connectivity index (χ3n) is 4.00. The summed E-state index contributed by atoms with van der Waals surface area (Å²) in [5.74, 6) is 0.339. The van der Waals surface area contributed by atoms with Crippen LogP contribution in [-0.4, -0.2) is 17.6 Å². The third kappa shape index (κ3) is 1.33. The third-order valence-corrected chi connectivity index (χ3v) is 4.00. The second kappa shape index (κ2) is 3.33. The van der Waals surface area contributed by atoms with Crippen LogP contribution < -0.4 is 0 Å². The number of carboxylic acids is 1. The number of carbonyl (C=O) groups is 1. The topological polar surface area (TPSA) is 66.7 Å². The van der Waals surface area contributed by atoms with Crippen LogP contribution in [0.5, 0.6) is 0 Å². The first-order chi connectivity index (χ1) is 6.68. The Bertz CT molecular complexity index is 266. The average Bonchev–Trinajstić information content (AvgIpc) is 2.46. The maximum Gasteiger partial charge on any atom is 0.303 e. The van der Waals surface area contributed by atoms with E-state index in [9.17, 15) is 9.70 Å². The molecule has 2 aliphatic rings. The van der Waals surface area contributed by atoms with E-state index >= 15 is 0 Å². The number of carboxylic acid groups (broad SMARTS) is 1. The molecular weight excluding hydrogens is 182 g/mol. The van der Waals surface area contributed by atoms with Gasteiger partial charge in [-0.05, 0) is 24.7 Å². The van der Waals surface area contributed by atoms with E-state index in [4.69, 9.17) is 5.11 Å². The van der Waals surface area contributed by atoms with Gasteiger partial charge in [-0.15, -0.1) is 0 Å². The van der Waals surface area contributed by atoms with Crippen molar-refractivity contribution in [2.24, 2.45) is 22.4 Å². The SMILES string of the molecule is O=NC[C@]1(CC(=O)O)C[C@H]2CCCC21. The highest BCUT2D eigenvalue weighted by Gasteiger charge is 2.56. The van der Waals surface area contributed by atoms with Crippen molar-refractivity contribution in [3.63, 3.8) is 0 Å². The first kappa shape index (κ1) is 9.62. The summed E-state index contributed by atoms with van der Waals surface area (Å²) in [6.45, 7) is 0.195. The van der Waals surface area contributed by atoms with E-state index in [1.54, 1.807) is 0 Å². The molecule has 2 rings (SSSR count). The number of hydrogen-bond acceptors (Lipinski definition) is 3. The molecule has 0 amide bonds. The molecule has 3 atom stereocenters. The molecule has 2 aliphatic carbocycles. The van der Waals surface area contributed by atoms with Crippen LogP contribution in [0.2, 0.25) is 0 Å². The van der Waals surface area contributed by atoms with E-state index in [1.807, 2.05) is 0 Å². The number of rotatable bonds is 4. The summed E-state index contributed by atoms with van der Waals surface area (Å²) in [5.41, 5.74) is -0.283. The lowest BCUT2D eigenvalue weighted by Crippen LogP contribution is -2.48. The molecule has 0 heterocycles. The zero-order valence-electron chi connectivity index (χ0n) is 8.11. The number of nitroso groups, excluding NO2 is 1. The van der Waals surface area contributed by atoms with Gasteiger partial charge in [0.2, 0.25) is 0 Å². The van der Waals surface area contributed by atoms with Crippen molar-refractivity contribution in [2.45, 2.75) is 32.1 Å². The lowest BCUT2D eigenvalue weighted by atomic mass is 9.53. The second-order valence-corrected chi connectivity index (χ2v) is 4.72. The van der Waals surface area contributed by atoms with Gasteiger partial charge in [0.05, 0.1) is 13.0 Å².